The van der Waals surface area contributed by atoms with Gasteiger partial charge in [0.25, 0.3) is 0 Å². The minimum atomic E-state index is -2.18. The highest BCUT2D eigenvalue weighted by Crippen LogP contribution is 2.08. The molecule has 0 fully saturated rings. The molecular weight excluding hydrogens is 154 g/mol. The van der Waals surface area contributed by atoms with Gasteiger partial charge in [-0.1, -0.05) is 5.18 Å². The van der Waals surface area contributed by atoms with Crippen LogP contribution in [0.15, 0.2) is 16.7 Å². The molecule has 0 saturated carbocycles. The molecule has 6 heteroatoms. The Balaban J connectivity index is 4.51. The first kappa shape index (κ1) is 9.86. The van der Waals surface area contributed by atoms with Gasteiger partial charge in [-0.25, -0.2) is 0 Å². The van der Waals surface area contributed by atoms with E-state index in [1.165, 1.54) is 6.92 Å². The highest BCUT2D eigenvalue weighted by atomic mass is 16.5. The van der Waals surface area contributed by atoms with E-state index in [2.05, 4.69) is 5.18 Å². The average molecular weight is 163 g/mol. The third kappa shape index (κ3) is 2.52. The summed E-state index contributed by atoms with van der Waals surface area (Å²) in [5.74, 6) is -1.90. The second-order valence-electron chi connectivity index (χ2n) is 1.93. The van der Waals surface area contributed by atoms with Gasteiger partial charge in [0.05, 0.1) is 0 Å². The summed E-state index contributed by atoms with van der Waals surface area (Å²) in [4.78, 5) is 9.75. The van der Waals surface area contributed by atoms with Gasteiger partial charge in [0.1, 0.15) is 6.04 Å². The Morgan fingerprint density at radius 3 is 2.00 bits per heavy atom. The number of aliphatic hydroxyl groups excluding tert-OH is 3. The van der Waals surface area contributed by atoms with E-state index >= 15 is 0 Å². The molecule has 0 aliphatic carbocycles. The topological polar surface area (TPSA) is 110 Å². The molecule has 0 rings (SSSR count). The van der Waals surface area contributed by atoms with Crippen LogP contribution in [0.1, 0.15) is 6.92 Å². The molecule has 0 aromatic heterocycles. The van der Waals surface area contributed by atoms with E-state index in [9.17, 15) is 4.91 Å². The number of hydrogen-bond donors (Lipinski definition) is 4. The van der Waals surface area contributed by atoms with Crippen molar-refractivity contribution in [3.05, 3.63) is 16.4 Å². The zero-order chi connectivity index (χ0) is 9.02. The van der Waals surface area contributed by atoms with Crippen molar-refractivity contribution in [1.29, 1.82) is 0 Å². The maximum Gasteiger partial charge on any atom is 0.215 e. The second kappa shape index (κ2) is 3.89. The predicted molar refractivity (Wildman–Crippen MR) is 35.8 cm³/mol. The summed E-state index contributed by atoms with van der Waals surface area (Å²) in [5.41, 5.74) is 0. The van der Waals surface area contributed by atoms with Crippen molar-refractivity contribution >= 4 is 0 Å². The molecular formula is C5H9NO5. The summed E-state index contributed by atoms with van der Waals surface area (Å²) in [6, 6.07) is -1.18. The van der Waals surface area contributed by atoms with Crippen molar-refractivity contribution in [2.45, 2.75) is 19.3 Å². The summed E-state index contributed by atoms with van der Waals surface area (Å²) in [7, 11) is 0. The number of rotatable bonds is 3. The molecule has 1 atom stereocenters. The third-order valence-electron chi connectivity index (χ3n) is 1.06. The molecule has 0 bridgehead atoms. The molecule has 64 valence electrons. The largest absolute Gasteiger partial charge is 0.506 e. The SMILES string of the molecule is CC(N=O)/C(O)=C(/O)C(O)O. The fourth-order valence-electron chi connectivity index (χ4n) is 0.396. The van der Waals surface area contributed by atoms with E-state index in [4.69, 9.17) is 20.4 Å². The fourth-order valence-corrected chi connectivity index (χ4v) is 0.396. The summed E-state index contributed by atoms with van der Waals surface area (Å²) >= 11 is 0. The van der Waals surface area contributed by atoms with Crippen LogP contribution < -0.4 is 0 Å². The first-order valence-corrected chi connectivity index (χ1v) is 2.81. The summed E-state index contributed by atoms with van der Waals surface area (Å²) in [5, 5.41) is 36.3. The Bertz CT molecular complexity index is 176. The minimum Gasteiger partial charge on any atom is -0.506 e. The first-order valence-electron chi connectivity index (χ1n) is 2.81. The average Bonchev–Trinajstić information content (AvgIpc) is 2.00. The molecule has 0 aliphatic rings. The molecule has 0 spiro atoms. The highest BCUT2D eigenvalue weighted by molar-refractivity contribution is 5.06. The first-order chi connectivity index (χ1) is 5.00. The van der Waals surface area contributed by atoms with E-state index in [0.29, 0.717) is 0 Å². The minimum absolute atomic E-state index is 0.838. The Labute approximate surface area is 62.4 Å². The lowest BCUT2D eigenvalue weighted by Crippen LogP contribution is -2.15. The van der Waals surface area contributed by atoms with Crippen molar-refractivity contribution in [3.63, 3.8) is 0 Å². The molecule has 0 radical (unpaired) electrons. The predicted octanol–water partition coefficient (Wildman–Crippen LogP) is -0.220. The van der Waals surface area contributed by atoms with E-state index in [1.54, 1.807) is 0 Å². The van der Waals surface area contributed by atoms with Crippen LogP contribution in [0, 0.1) is 4.91 Å². The van der Waals surface area contributed by atoms with Crippen LogP contribution in [0.25, 0.3) is 0 Å². The van der Waals surface area contributed by atoms with Gasteiger partial charge in [-0.05, 0) is 6.92 Å². The van der Waals surface area contributed by atoms with Crippen LogP contribution in [-0.4, -0.2) is 32.8 Å². The van der Waals surface area contributed by atoms with E-state index < -0.39 is 23.9 Å². The molecule has 0 heterocycles. The lowest BCUT2D eigenvalue weighted by molar-refractivity contribution is -0.0424. The van der Waals surface area contributed by atoms with Gasteiger partial charge in [0.2, 0.25) is 6.29 Å². The normalized spacial score (nSPS) is 16.0. The number of aliphatic hydroxyl groups is 4. The van der Waals surface area contributed by atoms with Crippen LogP contribution in [0.4, 0.5) is 0 Å². The molecule has 0 amide bonds. The van der Waals surface area contributed by atoms with Crippen LogP contribution in [0.5, 0.6) is 0 Å². The van der Waals surface area contributed by atoms with Crippen LogP contribution in [0.2, 0.25) is 0 Å². The zero-order valence-corrected chi connectivity index (χ0v) is 5.80. The monoisotopic (exact) mass is 163 g/mol. The van der Waals surface area contributed by atoms with Gasteiger partial charge in [-0.15, -0.1) is 0 Å². The third-order valence-corrected chi connectivity index (χ3v) is 1.06. The van der Waals surface area contributed by atoms with Crippen LogP contribution in [0.3, 0.4) is 0 Å². The van der Waals surface area contributed by atoms with Gasteiger partial charge in [-0.3, -0.25) is 0 Å². The van der Waals surface area contributed by atoms with Crippen molar-refractivity contribution < 1.29 is 20.4 Å². The maximum absolute atomic E-state index is 9.75. The summed E-state index contributed by atoms with van der Waals surface area (Å²) < 4.78 is 0. The van der Waals surface area contributed by atoms with Crippen molar-refractivity contribution in [2.75, 3.05) is 0 Å². The van der Waals surface area contributed by atoms with Crippen molar-refractivity contribution in [2.24, 2.45) is 5.18 Å². The van der Waals surface area contributed by atoms with E-state index in [-0.39, 0.29) is 0 Å². The Kier molecular flexibility index (Phi) is 3.49. The van der Waals surface area contributed by atoms with Crippen molar-refractivity contribution in [3.8, 4) is 0 Å². The van der Waals surface area contributed by atoms with Gasteiger partial charge in [0.15, 0.2) is 11.5 Å². The van der Waals surface area contributed by atoms with Gasteiger partial charge in [0, 0.05) is 0 Å². The molecule has 4 N–H and O–H groups in total. The number of nitroso groups, excluding NO2 is 1. The Morgan fingerprint density at radius 1 is 1.27 bits per heavy atom. The van der Waals surface area contributed by atoms with Gasteiger partial charge < -0.3 is 20.4 Å². The van der Waals surface area contributed by atoms with Crippen molar-refractivity contribution in [1.82, 2.24) is 0 Å². The fraction of sp³-hybridized carbons (Fsp3) is 0.600. The number of hydrogen-bond acceptors (Lipinski definition) is 6. The molecule has 0 aromatic carbocycles. The Hall–Kier alpha value is -1.14. The highest BCUT2D eigenvalue weighted by Gasteiger charge is 2.17. The van der Waals surface area contributed by atoms with Crippen LogP contribution >= 0.6 is 0 Å². The number of nitrogens with zero attached hydrogens (tertiary/aromatic N) is 1. The smallest absolute Gasteiger partial charge is 0.215 e. The lowest BCUT2D eigenvalue weighted by Gasteiger charge is -2.06. The van der Waals surface area contributed by atoms with E-state index in [1.807, 2.05) is 0 Å². The molecule has 0 aromatic rings. The van der Waals surface area contributed by atoms with Crippen LogP contribution in [-0.2, 0) is 0 Å². The Morgan fingerprint density at radius 2 is 1.73 bits per heavy atom. The molecule has 6 nitrogen and oxygen atoms in total. The summed E-state index contributed by atoms with van der Waals surface area (Å²) in [6.07, 6.45) is -2.18. The molecule has 0 aliphatic heterocycles. The molecule has 11 heavy (non-hydrogen) atoms. The molecule has 1 unspecified atom stereocenters. The quantitative estimate of drug-likeness (QED) is 0.261. The lowest BCUT2D eigenvalue weighted by atomic mass is 10.2. The van der Waals surface area contributed by atoms with Gasteiger partial charge in [-0.2, -0.15) is 4.91 Å². The maximum atomic E-state index is 9.75. The zero-order valence-electron chi connectivity index (χ0n) is 5.80. The standard InChI is InChI=1S/C5H9NO5/c1-2(6-11)3(7)4(8)5(9)10/h2,5,7-10H,1H3/b4-3-. The van der Waals surface area contributed by atoms with E-state index in [0.717, 1.165) is 0 Å². The second-order valence-corrected chi connectivity index (χ2v) is 1.93. The summed E-state index contributed by atoms with van der Waals surface area (Å²) in [6.45, 7) is 1.20. The molecule has 0 saturated heterocycles. The van der Waals surface area contributed by atoms with Gasteiger partial charge >= 0.3 is 0 Å².